The molecule has 1 heterocycles. The number of aryl methyl sites for hydroxylation is 2. The van der Waals surface area contributed by atoms with Crippen LogP contribution in [0.1, 0.15) is 37.5 Å². The highest BCUT2D eigenvalue weighted by Crippen LogP contribution is 2.30. The number of nitrogens with one attached hydrogen (secondary N) is 2. The molecule has 6 nitrogen and oxygen atoms in total. The van der Waals surface area contributed by atoms with Gasteiger partial charge in [-0.2, -0.15) is 0 Å². The molecule has 2 N–H and O–H groups in total. The first-order chi connectivity index (χ1) is 13.8. The van der Waals surface area contributed by atoms with E-state index in [2.05, 4.69) is 10.6 Å². The van der Waals surface area contributed by atoms with E-state index < -0.39 is 35.7 Å². The maximum absolute atomic E-state index is 14.2. The van der Waals surface area contributed by atoms with Gasteiger partial charge in [0, 0.05) is 11.3 Å². The number of hydrogen-bond acceptors (Lipinski definition) is 3. The molecule has 1 aliphatic heterocycles. The Morgan fingerprint density at radius 2 is 1.69 bits per heavy atom. The molecule has 7 heteroatoms. The van der Waals surface area contributed by atoms with E-state index in [4.69, 9.17) is 0 Å². The Kier molecular flexibility index (Phi) is 5.68. The lowest BCUT2D eigenvalue weighted by Crippen LogP contribution is -2.42. The third kappa shape index (κ3) is 3.72. The first-order valence-electron chi connectivity index (χ1n) is 9.61. The van der Waals surface area contributed by atoms with Crippen LogP contribution in [0.4, 0.5) is 14.9 Å². The van der Waals surface area contributed by atoms with Crippen LogP contribution in [0, 0.1) is 5.82 Å². The van der Waals surface area contributed by atoms with Crippen molar-refractivity contribution in [2.75, 3.05) is 11.9 Å². The van der Waals surface area contributed by atoms with Gasteiger partial charge in [-0.1, -0.05) is 50.2 Å². The molecule has 1 atom stereocenters. The highest BCUT2D eigenvalue weighted by Gasteiger charge is 2.50. The minimum Gasteiger partial charge on any atom is -0.324 e. The van der Waals surface area contributed by atoms with Crippen LogP contribution in [0.15, 0.2) is 42.5 Å². The van der Waals surface area contributed by atoms with Crippen LogP contribution < -0.4 is 10.6 Å². The SMILES string of the molecule is CCc1cccc(CC)c1NC(=O)CN1C(=O)NC(C)(c2ccccc2F)C1=O. The second-order valence-corrected chi connectivity index (χ2v) is 7.13. The quantitative estimate of drug-likeness (QED) is 0.734. The van der Waals surface area contributed by atoms with E-state index in [-0.39, 0.29) is 5.56 Å². The zero-order chi connectivity index (χ0) is 21.2. The van der Waals surface area contributed by atoms with Gasteiger partial charge in [0.25, 0.3) is 5.91 Å². The number of halogens is 1. The van der Waals surface area contributed by atoms with Crippen molar-refractivity contribution >= 4 is 23.5 Å². The summed E-state index contributed by atoms with van der Waals surface area (Å²) in [5.74, 6) is -1.75. The van der Waals surface area contributed by atoms with Gasteiger partial charge in [-0.3, -0.25) is 14.5 Å². The van der Waals surface area contributed by atoms with Crippen molar-refractivity contribution in [3.8, 4) is 0 Å². The second kappa shape index (κ2) is 8.03. The largest absolute Gasteiger partial charge is 0.325 e. The van der Waals surface area contributed by atoms with Gasteiger partial charge in [-0.25, -0.2) is 9.18 Å². The number of carbonyl (C=O) groups is 3. The molecule has 3 rings (SSSR count). The first-order valence-corrected chi connectivity index (χ1v) is 9.61. The molecule has 1 unspecified atom stereocenters. The zero-order valence-corrected chi connectivity index (χ0v) is 16.7. The summed E-state index contributed by atoms with van der Waals surface area (Å²) in [7, 11) is 0. The van der Waals surface area contributed by atoms with Crippen LogP contribution in [-0.4, -0.2) is 29.3 Å². The summed E-state index contributed by atoms with van der Waals surface area (Å²) >= 11 is 0. The number of para-hydroxylation sites is 1. The molecule has 2 aromatic carbocycles. The summed E-state index contributed by atoms with van der Waals surface area (Å²) < 4.78 is 14.2. The number of rotatable bonds is 6. The zero-order valence-electron chi connectivity index (χ0n) is 16.7. The van der Waals surface area contributed by atoms with E-state index in [0.717, 1.165) is 28.9 Å². The average Bonchev–Trinajstić information content (AvgIpc) is 2.92. The minimum absolute atomic E-state index is 0.0610. The molecule has 0 radical (unpaired) electrons. The van der Waals surface area contributed by atoms with E-state index >= 15 is 0 Å². The number of urea groups is 1. The molecular weight excluding hydrogens is 373 g/mol. The molecular formula is C22H24FN3O3. The molecule has 4 amide bonds. The molecule has 152 valence electrons. The third-order valence-corrected chi connectivity index (χ3v) is 5.25. The Hall–Kier alpha value is -3.22. The van der Waals surface area contributed by atoms with Crippen molar-refractivity contribution in [2.45, 2.75) is 39.2 Å². The molecule has 0 aromatic heterocycles. The van der Waals surface area contributed by atoms with E-state index in [0.29, 0.717) is 5.69 Å². The number of amides is 4. The molecule has 0 saturated carbocycles. The number of carbonyl (C=O) groups excluding carboxylic acids is 3. The Morgan fingerprint density at radius 1 is 1.07 bits per heavy atom. The smallest absolute Gasteiger partial charge is 0.324 e. The van der Waals surface area contributed by atoms with Crippen molar-refractivity contribution < 1.29 is 18.8 Å². The van der Waals surface area contributed by atoms with Gasteiger partial charge in [-0.15, -0.1) is 0 Å². The monoisotopic (exact) mass is 397 g/mol. The average molecular weight is 397 g/mol. The maximum Gasteiger partial charge on any atom is 0.325 e. The number of hydrogen-bond donors (Lipinski definition) is 2. The van der Waals surface area contributed by atoms with Gasteiger partial charge in [0.05, 0.1) is 0 Å². The van der Waals surface area contributed by atoms with Gasteiger partial charge in [0.2, 0.25) is 5.91 Å². The molecule has 0 bridgehead atoms. The molecule has 0 spiro atoms. The van der Waals surface area contributed by atoms with E-state index in [1.807, 2.05) is 32.0 Å². The molecule has 1 aliphatic rings. The third-order valence-electron chi connectivity index (χ3n) is 5.25. The predicted octanol–water partition coefficient (Wildman–Crippen LogP) is 3.36. The Balaban J connectivity index is 1.81. The first kappa shape index (κ1) is 20.5. The fraction of sp³-hybridized carbons (Fsp3) is 0.318. The van der Waals surface area contributed by atoms with Crippen molar-refractivity contribution in [2.24, 2.45) is 0 Å². The van der Waals surface area contributed by atoms with E-state index in [9.17, 15) is 18.8 Å². The van der Waals surface area contributed by atoms with Crippen molar-refractivity contribution in [3.05, 3.63) is 65.0 Å². The van der Waals surface area contributed by atoms with Gasteiger partial charge < -0.3 is 10.6 Å². The van der Waals surface area contributed by atoms with E-state index in [1.54, 1.807) is 6.07 Å². The lowest BCUT2D eigenvalue weighted by Gasteiger charge is -2.22. The highest BCUT2D eigenvalue weighted by molar-refractivity contribution is 6.10. The number of anilines is 1. The van der Waals surface area contributed by atoms with Crippen LogP contribution in [0.3, 0.4) is 0 Å². The van der Waals surface area contributed by atoms with Crippen LogP contribution in [0.5, 0.6) is 0 Å². The van der Waals surface area contributed by atoms with E-state index in [1.165, 1.54) is 25.1 Å². The van der Waals surface area contributed by atoms with Crippen LogP contribution in [0.2, 0.25) is 0 Å². The topological polar surface area (TPSA) is 78.5 Å². The van der Waals surface area contributed by atoms with Gasteiger partial charge in [0.1, 0.15) is 17.9 Å². The van der Waals surface area contributed by atoms with Gasteiger partial charge in [0.15, 0.2) is 0 Å². The number of benzene rings is 2. The van der Waals surface area contributed by atoms with Crippen LogP contribution >= 0.6 is 0 Å². The molecule has 1 saturated heterocycles. The Labute approximate surface area is 169 Å². The molecule has 0 aliphatic carbocycles. The summed E-state index contributed by atoms with van der Waals surface area (Å²) in [6.07, 6.45) is 1.47. The minimum atomic E-state index is -1.56. The van der Waals surface area contributed by atoms with Gasteiger partial charge >= 0.3 is 6.03 Å². The molecule has 1 fully saturated rings. The number of nitrogens with zero attached hydrogens (tertiary/aromatic N) is 1. The van der Waals surface area contributed by atoms with Crippen LogP contribution in [0.25, 0.3) is 0 Å². The summed E-state index contributed by atoms with van der Waals surface area (Å²) in [6.45, 7) is 4.96. The highest BCUT2D eigenvalue weighted by atomic mass is 19.1. The lowest BCUT2D eigenvalue weighted by molar-refractivity contribution is -0.133. The van der Waals surface area contributed by atoms with Crippen molar-refractivity contribution in [3.63, 3.8) is 0 Å². The summed E-state index contributed by atoms with van der Waals surface area (Å²) in [4.78, 5) is 38.8. The van der Waals surface area contributed by atoms with Crippen molar-refractivity contribution in [1.29, 1.82) is 0 Å². The normalized spacial score (nSPS) is 18.7. The standard InChI is InChI=1S/C22H24FN3O3/c1-4-14-9-8-10-15(5-2)19(14)24-18(27)13-26-20(28)22(3,25-21(26)29)16-11-6-7-12-17(16)23/h6-12H,4-5,13H2,1-3H3,(H,24,27)(H,25,29). The molecule has 2 aromatic rings. The summed E-state index contributed by atoms with van der Waals surface area (Å²) in [5.41, 5.74) is 1.17. The second-order valence-electron chi connectivity index (χ2n) is 7.13. The molecule has 29 heavy (non-hydrogen) atoms. The number of imide groups is 1. The van der Waals surface area contributed by atoms with Gasteiger partial charge in [-0.05, 0) is 37.0 Å². The Morgan fingerprint density at radius 3 is 2.28 bits per heavy atom. The fourth-order valence-corrected chi connectivity index (χ4v) is 3.62. The maximum atomic E-state index is 14.2. The Bertz CT molecular complexity index is 953. The van der Waals surface area contributed by atoms with Crippen LogP contribution in [-0.2, 0) is 28.0 Å². The fourth-order valence-electron chi connectivity index (χ4n) is 3.62. The lowest BCUT2D eigenvalue weighted by atomic mass is 9.91. The van der Waals surface area contributed by atoms with Crippen molar-refractivity contribution in [1.82, 2.24) is 10.2 Å². The summed E-state index contributed by atoms with van der Waals surface area (Å²) in [5, 5.41) is 5.36. The summed E-state index contributed by atoms with van der Waals surface area (Å²) in [6, 6.07) is 10.8. The predicted molar refractivity (Wildman–Crippen MR) is 108 cm³/mol.